The number of likely N-dealkylation sites (tertiary alicyclic amines) is 1. The highest BCUT2D eigenvalue weighted by Crippen LogP contribution is 2.34. The van der Waals surface area contributed by atoms with E-state index in [-0.39, 0.29) is 24.5 Å². The molecule has 1 aromatic heterocycles. The highest BCUT2D eigenvalue weighted by Gasteiger charge is 2.32. The number of ether oxygens (including phenoxy) is 1. The third kappa shape index (κ3) is 2.51. The number of hydrogen-bond donors (Lipinski definition) is 1. The summed E-state index contributed by atoms with van der Waals surface area (Å²) in [6.45, 7) is 0.730. The number of nitrogens with one attached hydrogen (secondary N) is 1. The molecule has 24 heavy (non-hydrogen) atoms. The first kappa shape index (κ1) is 14.7. The van der Waals surface area contributed by atoms with Gasteiger partial charge < -0.3 is 15.0 Å². The van der Waals surface area contributed by atoms with Crippen LogP contribution in [-0.4, -0.2) is 39.6 Å². The lowest BCUT2D eigenvalue weighted by Crippen LogP contribution is -2.31. The molecule has 2 amide bonds. The van der Waals surface area contributed by atoms with E-state index in [2.05, 4.69) is 10.4 Å². The zero-order valence-corrected chi connectivity index (χ0v) is 13.4. The van der Waals surface area contributed by atoms with Crippen LogP contribution >= 0.6 is 0 Å². The van der Waals surface area contributed by atoms with Crippen molar-refractivity contribution in [1.82, 2.24) is 14.7 Å². The van der Waals surface area contributed by atoms with Crippen LogP contribution in [0, 0.1) is 0 Å². The monoisotopic (exact) mass is 326 g/mol. The minimum atomic E-state index is -0.207. The number of fused-ring (bicyclic) bond motifs is 1. The van der Waals surface area contributed by atoms with Crippen LogP contribution in [-0.2, 0) is 11.8 Å². The third-order valence-electron chi connectivity index (χ3n) is 4.48. The molecule has 4 rings (SSSR count). The summed E-state index contributed by atoms with van der Waals surface area (Å²) in [6, 6.07) is 5.22. The molecule has 1 aromatic carbocycles. The summed E-state index contributed by atoms with van der Waals surface area (Å²) >= 11 is 0. The number of amides is 2. The molecule has 2 aliphatic rings. The van der Waals surface area contributed by atoms with Gasteiger partial charge in [-0.3, -0.25) is 14.3 Å². The Morgan fingerprint density at radius 1 is 1.42 bits per heavy atom. The molecule has 0 spiro atoms. The number of nitrogens with zero attached hydrogens (tertiary/aromatic N) is 3. The molecule has 1 fully saturated rings. The first-order valence-electron chi connectivity index (χ1n) is 7.98. The van der Waals surface area contributed by atoms with Gasteiger partial charge in [-0.2, -0.15) is 5.10 Å². The van der Waals surface area contributed by atoms with Crippen molar-refractivity contribution in [3.63, 3.8) is 0 Å². The van der Waals surface area contributed by atoms with Crippen molar-refractivity contribution in [3.8, 4) is 5.75 Å². The van der Waals surface area contributed by atoms with Crippen molar-refractivity contribution >= 4 is 17.5 Å². The van der Waals surface area contributed by atoms with Crippen LogP contribution in [0.1, 0.15) is 34.8 Å². The maximum atomic E-state index is 12.9. The Balaban J connectivity index is 1.61. The Kier molecular flexibility index (Phi) is 3.48. The van der Waals surface area contributed by atoms with Crippen LogP contribution in [0.5, 0.6) is 5.75 Å². The van der Waals surface area contributed by atoms with Crippen molar-refractivity contribution < 1.29 is 14.3 Å². The largest absolute Gasteiger partial charge is 0.482 e. The first-order valence-corrected chi connectivity index (χ1v) is 7.98. The van der Waals surface area contributed by atoms with Crippen LogP contribution < -0.4 is 10.1 Å². The summed E-state index contributed by atoms with van der Waals surface area (Å²) in [4.78, 5) is 26.3. The molecular formula is C17H18N4O3. The second-order valence-electron chi connectivity index (χ2n) is 6.15. The molecule has 7 nitrogen and oxygen atoms in total. The molecule has 0 saturated carbocycles. The Labute approximate surface area is 139 Å². The number of hydrogen-bond acceptors (Lipinski definition) is 4. The van der Waals surface area contributed by atoms with E-state index in [9.17, 15) is 9.59 Å². The van der Waals surface area contributed by atoms with Crippen LogP contribution in [0.3, 0.4) is 0 Å². The molecule has 1 N–H and O–H groups in total. The van der Waals surface area contributed by atoms with Gasteiger partial charge in [0.05, 0.1) is 17.9 Å². The minimum absolute atomic E-state index is 0.00942. The van der Waals surface area contributed by atoms with E-state index in [0.717, 1.165) is 24.9 Å². The number of carbonyl (C=O) groups is 2. The summed E-state index contributed by atoms with van der Waals surface area (Å²) in [5.74, 6) is 0.349. The smallest absolute Gasteiger partial charge is 0.262 e. The number of aromatic nitrogens is 2. The zero-order valence-electron chi connectivity index (χ0n) is 13.4. The number of carbonyl (C=O) groups excluding carboxylic acids is 2. The molecule has 1 saturated heterocycles. The van der Waals surface area contributed by atoms with Crippen LogP contribution in [0.4, 0.5) is 5.69 Å². The molecule has 0 radical (unpaired) electrons. The van der Waals surface area contributed by atoms with Gasteiger partial charge in [0.25, 0.3) is 11.8 Å². The topological polar surface area (TPSA) is 76.5 Å². The second-order valence-corrected chi connectivity index (χ2v) is 6.15. The lowest BCUT2D eigenvalue weighted by molar-refractivity contribution is -0.118. The van der Waals surface area contributed by atoms with Crippen molar-refractivity contribution in [2.45, 2.75) is 18.9 Å². The lowest BCUT2D eigenvalue weighted by atomic mass is 10.1. The predicted molar refractivity (Wildman–Crippen MR) is 86.8 cm³/mol. The van der Waals surface area contributed by atoms with Gasteiger partial charge in [-0.15, -0.1) is 0 Å². The SMILES string of the molecule is Cn1cc([C@H]2CCCN2C(=O)c2ccc3c(c2)NC(=O)CO3)cn1. The lowest BCUT2D eigenvalue weighted by Gasteiger charge is -2.25. The number of anilines is 1. The van der Waals surface area contributed by atoms with Gasteiger partial charge >= 0.3 is 0 Å². The molecule has 2 aliphatic heterocycles. The normalized spacial score (nSPS) is 19.6. The Morgan fingerprint density at radius 2 is 2.29 bits per heavy atom. The average molecular weight is 326 g/mol. The van der Waals surface area contributed by atoms with Gasteiger partial charge in [-0.05, 0) is 31.0 Å². The highest BCUT2D eigenvalue weighted by molar-refractivity contribution is 6.00. The average Bonchev–Trinajstić information content (AvgIpc) is 3.22. The highest BCUT2D eigenvalue weighted by atomic mass is 16.5. The van der Waals surface area contributed by atoms with Gasteiger partial charge in [0.2, 0.25) is 0 Å². The quantitative estimate of drug-likeness (QED) is 0.912. The van der Waals surface area contributed by atoms with Crippen LogP contribution in [0.15, 0.2) is 30.6 Å². The fourth-order valence-corrected chi connectivity index (χ4v) is 3.35. The van der Waals surface area contributed by atoms with E-state index in [1.54, 1.807) is 22.9 Å². The van der Waals surface area contributed by atoms with E-state index < -0.39 is 0 Å². The maximum absolute atomic E-state index is 12.9. The molecule has 7 heteroatoms. The molecule has 1 atom stereocenters. The number of benzene rings is 1. The standard InChI is InChI=1S/C17H18N4O3/c1-20-9-12(8-18-20)14-3-2-6-21(14)17(23)11-4-5-15-13(7-11)19-16(22)10-24-15/h4-5,7-9,14H,2-3,6,10H2,1H3,(H,19,22)/t14-/m1/s1. The Morgan fingerprint density at radius 3 is 3.08 bits per heavy atom. The van der Waals surface area contributed by atoms with E-state index in [0.29, 0.717) is 17.0 Å². The molecule has 124 valence electrons. The molecule has 2 aromatic rings. The van der Waals surface area contributed by atoms with Gasteiger partial charge in [-0.25, -0.2) is 0 Å². The Bertz CT molecular complexity index is 814. The summed E-state index contributed by atoms with van der Waals surface area (Å²) < 4.78 is 7.09. The fraction of sp³-hybridized carbons (Fsp3) is 0.353. The van der Waals surface area contributed by atoms with Crippen molar-refractivity contribution in [3.05, 3.63) is 41.7 Å². The maximum Gasteiger partial charge on any atom is 0.262 e. The third-order valence-corrected chi connectivity index (χ3v) is 4.48. The Hall–Kier alpha value is -2.83. The van der Waals surface area contributed by atoms with E-state index in [1.165, 1.54) is 0 Å². The minimum Gasteiger partial charge on any atom is -0.482 e. The summed E-state index contributed by atoms with van der Waals surface area (Å²) in [6.07, 6.45) is 5.67. The van der Waals surface area contributed by atoms with Crippen molar-refractivity contribution in [2.75, 3.05) is 18.5 Å². The predicted octanol–water partition coefficient (Wildman–Crippen LogP) is 1.73. The van der Waals surface area contributed by atoms with Crippen molar-refractivity contribution in [1.29, 1.82) is 0 Å². The molecule has 0 unspecified atom stereocenters. The number of aryl methyl sites for hydroxylation is 1. The number of rotatable bonds is 2. The van der Waals surface area contributed by atoms with Gasteiger partial charge in [0, 0.05) is 30.9 Å². The van der Waals surface area contributed by atoms with E-state index in [4.69, 9.17) is 4.74 Å². The first-order chi connectivity index (χ1) is 11.6. The second kappa shape index (κ2) is 5.67. The molecular weight excluding hydrogens is 308 g/mol. The summed E-state index contributed by atoms with van der Waals surface area (Å²) in [5, 5.41) is 6.95. The van der Waals surface area contributed by atoms with Gasteiger partial charge in [0.15, 0.2) is 6.61 Å². The molecule has 3 heterocycles. The van der Waals surface area contributed by atoms with E-state index >= 15 is 0 Å². The summed E-state index contributed by atoms with van der Waals surface area (Å²) in [7, 11) is 1.87. The van der Waals surface area contributed by atoms with Gasteiger partial charge in [-0.1, -0.05) is 0 Å². The van der Waals surface area contributed by atoms with E-state index in [1.807, 2.05) is 24.3 Å². The fourth-order valence-electron chi connectivity index (χ4n) is 3.35. The zero-order chi connectivity index (χ0) is 16.7. The van der Waals surface area contributed by atoms with Crippen LogP contribution in [0.2, 0.25) is 0 Å². The summed E-state index contributed by atoms with van der Waals surface area (Å²) in [5.41, 5.74) is 2.16. The molecule has 0 aliphatic carbocycles. The molecule has 0 bridgehead atoms. The van der Waals surface area contributed by atoms with Crippen molar-refractivity contribution in [2.24, 2.45) is 7.05 Å². The van der Waals surface area contributed by atoms with Gasteiger partial charge in [0.1, 0.15) is 5.75 Å². The van der Waals surface area contributed by atoms with Crippen LogP contribution in [0.25, 0.3) is 0 Å².